The number of ketones is 1. The Morgan fingerprint density at radius 3 is 2.93 bits per heavy atom. The van der Waals surface area contributed by atoms with Crippen molar-refractivity contribution in [3.8, 4) is 0 Å². The Morgan fingerprint density at radius 1 is 1.37 bits per heavy atom. The van der Waals surface area contributed by atoms with E-state index in [9.17, 15) is 9.59 Å². The molecule has 0 bridgehead atoms. The van der Waals surface area contributed by atoms with E-state index < -0.39 is 0 Å². The first-order valence-electron chi connectivity index (χ1n) is 9.32. The quantitative estimate of drug-likeness (QED) is 0.694. The molecule has 1 saturated heterocycles. The van der Waals surface area contributed by atoms with Crippen LogP contribution in [0.3, 0.4) is 0 Å². The molecule has 0 radical (unpaired) electrons. The smallest absolute Gasteiger partial charge is 0.336 e. The van der Waals surface area contributed by atoms with Crippen LogP contribution >= 0.6 is 27.3 Å². The van der Waals surface area contributed by atoms with Gasteiger partial charge in [0.1, 0.15) is 6.61 Å². The number of dihydropyridines is 1. The summed E-state index contributed by atoms with van der Waals surface area (Å²) in [7, 11) is 0. The van der Waals surface area contributed by atoms with Crippen LogP contribution in [0.1, 0.15) is 49.8 Å². The van der Waals surface area contributed by atoms with Crippen molar-refractivity contribution in [1.29, 1.82) is 0 Å². The lowest BCUT2D eigenvalue weighted by Crippen LogP contribution is -2.34. The van der Waals surface area contributed by atoms with Gasteiger partial charge in [0.25, 0.3) is 0 Å². The fourth-order valence-electron chi connectivity index (χ4n) is 4.04. The average molecular weight is 452 g/mol. The summed E-state index contributed by atoms with van der Waals surface area (Å²) in [6, 6.07) is 3.94. The van der Waals surface area contributed by atoms with Crippen LogP contribution < -0.4 is 5.32 Å². The van der Waals surface area contributed by atoms with Crippen molar-refractivity contribution < 1.29 is 19.1 Å². The first-order valence-corrected chi connectivity index (χ1v) is 10.9. The van der Waals surface area contributed by atoms with Gasteiger partial charge in [-0.25, -0.2) is 4.79 Å². The van der Waals surface area contributed by atoms with Gasteiger partial charge in [-0.3, -0.25) is 4.79 Å². The summed E-state index contributed by atoms with van der Waals surface area (Å²) in [5.74, 6) is -0.604. The molecule has 7 heteroatoms. The largest absolute Gasteiger partial charge is 0.459 e. The van der Waals surface area contributed by atoms with E-state index in [0.717, 1.165) is 57.9 Å². The molecule has 1 aromatic heterocycles. The van der Waals surface area contributed by atoms with Crippen LogP contribution in [0.5, 0.6) is 0 Å². The lowest BCUT2D eigenvalue weighted by Gasteiger charge is -2.33. The Balaban J connectivity index is 1.67. The minimum absolute atomic E-state index is 0.0215. The highest BCUT2D eigenvalue weighted by Gasteiger charge is 2.40. The number of hydrogen-bond donors (Lipinski definition) is 1. The number of carbonyl (C=O) groups excluding carboxylic acids is 2. The van der Waals surface area contributed by atoms with Gasteiger partial charge < -0.3 is 14.8 Å². The molecule has 4 rings (SSSR count). The van der Waals surface area contributed by atoms with E-state index in [-0.39, 0.29) is 30.4 Å². The van der Waals surface area contributed by atoms with Gasteiger partial charge in [-0.2, -0.15) is 0 Å². The molecule has 0 spiro atoms. The lowest BCUT2D eigenvalue weighted by molar-refractivity contribution is -0.142. The number of nitrogens with one attached hydrogen (secondary N) is 1. The number of carbonyl (C=O) groups is 2. The molecule has 1 aliphatic carbocycles. The number of ether oxygens (including phenoxy) is 2. The van der Waals surface area contributed by atoms with Gasteiger partial charge in [0.15, 0.2) is 5.78 Å². The minimum Gasteiger partial charge on any atom is -0.459 e. The highest BCUT2D eigenvalue weighted by atomic mass is 79.9. The Hall–Kier alpha value is -1.44. The second-order valence-electron chi connectivity index (χ2n) is 7.14. The first kappa shape index (κ1) is 18.9. The number of esters is 1. The molecule has 1 N–H and O–H groups in total. The van der Waals surface area contributed by atoms with Crippen molar-refractivity contribution in [1.82, 2.24) is 5.32 Å². The van der Waals surface area contributed by atoms with E-state index in [1.807, 2.05) is 19.1 Å². The summed E-state index contributed by atoms with van der Waals surface area (Å²) < 4.78 is 12.1. The molecule has 1 aromatic rings. The van der Waals surface area contributed by atoms with Gasteiger partial charge >= 0.3 is 5.97 Å². The molecular weight excluding hydrogens is 430 g/mol. The van der Waals surface area contributed by atoms with Gasteiger partial charge in [0.2, 0.25) is 0 Å². The van der Waals surface area contributed by atoms with E-state index in [1.54, 1.807) is 11.3 Å². The zero-order valence-electron chi connectivity index (χ0n) is 15.2. The maximum Gasteiger partial charge on any atom is 0.336 e. The maximum atomic E-state index is 13.0. The molecule has 0 aromatic carbocycles. The molecule has 0 unspecified atom stereocenters. The number of halogens is 1. The van der Waals surface area contributed by atoms with Crippen LogP contribution in [0.25, 0.3) is 0 Å². The molecule has 2 atom stereocenters. The van der Waals surface area contributed by atoms with Crippen LogP contribution in [0.2, 0.25) is 0 Å². The zero-order chi connectivity index (χ0) is 19.0. The predicted octanol–water partition coefficient (Wildman–Crippen LogP) is 4.20. The van der Waals surface area contributed by atoms with E-state index in [4.69, 9.17) is 9.47 Å². The second-order valence-corrected chi connectivity index (χ2v) is 9.64. The summed E-state index contributed by atoms with van der Waals surface area (Å²) in [4.78, 5) is 26.8. The van der Waals surface area contributed by atoms with Crippen molar-refractivity contribution in [2.24, 2.45) is 0 Å². The standard InChI is InChI=1S/C20H22BrNO4S/c1-11-17(20(24)26-10-12-4-3-9-25-12)19(15-7-8-16(21)27-15)18-13(22-11)5-2-6-14(18)23/h7-8,12,19,22H,2-6,9-10H2,1H3/t12-,19+/m0/s1. The van der Waals surface area contributed by atoms with Gasteiger partial charge in [0, 0.05) is 34.9 Å². The summed E-state index contributed by atoms with van der Waals surface area (Å²) in [6.45, 7) is 2.87. The number of rotatable bonds is 4. The molecule has 1 fully saturated rings. The fraction of sp³-hybridized carbons (Fsp3) is 0.500. The van der Waals surface area contributed by atoms with Crippen molar-refractivity contribution in [3.63, 3.8) is 0 Å². The summed E-state index contributed by atoms with van der Waals surface area (Å²) in [5.41, 5.74) is 2.99. The van der Waals surface area contributed by atoms with E-state index in [1.165, 1.54) is 0 Å². The third kappa shape index (κ3) is 3.77. The van der Waals surface area contributed by atoms with Crippen LogP contribution in [0.15, 0.2) is 38.5 Å². The van der Waals surface area contributed by atoms with Crippen LogP contribution in [0.4, 0.5) is 0 Å². The Kier molecular flexibility index (Phi) is 5.53. The summed E-state index contributed by atoms with van der Waals surface area (Å²) >= 11 is 5.06. The molecule has 2 aliphatic heterocycles. The molecule has 3 aliphatic rings. The predicted molar refractivity (Wildman–Crippen MR) is 106 cm³/mol. The van der Waals surface area contributed by atoms with Crippen molar-refractivity contribution in [3.05, 3.63) is 43.3 Å². The molecule has 0 saturated carbocycles. The van der Waals surface area contributed by atoms with Gasteiger partial charge in [-0.05, 0) is 60.7 Å². The fourth-order valence-corrected chi connectivity index (χ4v) is 5.59. The van der Waals surface area contributed by atoms with Crippen LogP contribution in [0, 0.1) is 0 Å². The van der Waals surface area contributed by atoms with Gasteiger partial charge in [-0.15, -0.1) is 11.3 Å². The van der Waals surface area contributed by atoms with E-state index in [2.05, 4.69) is 21.2 Å². The molecule has 5 nitrogen and oxygen atoms in total. The normalized spacial score (nSPS) is 25.5. The van der Waals surface area contributed by atoms with Crippen molar-refractivity contribution in [2.75, 3.05) is 13.2 Å². The number of thiophene rings is 1. The Morgan fingerprint density at radius 2 is 2.22 bits per heavy atom. The molecule has 0 amide bonds. The van der Waals surface area contributed by atoms with Gasteiger partial charge in [-0.1, -0.05) is 0 Å². The van der Waals surface area contributed by atoms with Gasteiger partial charge in [0.05, 0.1) is 21.4 Å². The first-order chi connectivity index (χ1) is 13.0. The minimum atomic E-state index is -0.366. The van der Waals surface area contributed by atoms with Crippen LogP contribution in [-0.4, -0.2) is 31.1 Å². The van der Waals surface area contributed by atoms with E-state index in [0.29, 0.717) is 12.0 Å². The molecular formula is C20H22BrNO4S. The third-order valence-electron chi connectivity index (χ3n) is 5.30. The lowest BCUT2D eigenvalue weighted by atomic mass is 9.78. The number of allylic oxidation sites excluding steroid dienone is 3. The Labute approximate surface area is 170 Å². The average Bonchev–Trinajstić information content (AvgIpc) is 3.30. The summed E-state index contributed by atoms with van der Waals surface area (Å²) in [5, 5.41) is 3.31. The second kappa shape index (κ2) is 7.89. The highest BCUT2D eigenvalue weighted by molar-refractivity contribution is 9.11. The van der Waals surface area contributed by atoms with Crippen molar-refractivity contribution >= 4 is 39.0 Å². The molecule has 27 heavy (non-hydrogen) atoms. The zero-order valence-corrected chi connectivity index (χ0v) is 17.6. The van der Waals surface area contributed by atoms with E-state index >= 15 is 0 Å². The topological polar surface area (TPSA) is 64.6 Å². The number of hydrogen-bond acceptors (Lipinski definition) is 6. The summed E-state index contributed by atoms with van der Waals surface area (Å²) in [6.07, 6.45) is 4.10. The molecule has 144 valence electrons. The van der Waals surface area contributed by atoms with Crippen molar-refractivity contribution in [2.45, 2.75) is 51.0 Å². The highest BCUT2D eigenvalue weighted by Crippen LogP contribution is 2.45. The third-order valence-corrected chi connectivity index (χ3v) is 6.99. The monoisotopic (exact) mass is 451 g/mol. The van der Waals surface area contributed by atoms with Crippen LogP contribution in [-0.2, 0) is 19.1 Å². The SMILES string of the molecule is CC1=C(C(=O)OC[C@@H]2CCCO2)[C@@H](c2ccc(Br)s2)C2=C(CCCC2=O)N1. The maximum absolute atomic E-state index is 13.0. The number of Topliss-reactive ketones (excluding diaryl/α,β-unsaturated/α-hetero) is 1. The molecule has 3 heterocycles. The Bertz CT molecular complexity index is 835.